The fraction of sp³-hybridized carbons (Fsp3) is 0.312. The number of nitrogens with zero attached hydrogens (tertiary/aromatic N) is 1. The number of carbonyl (C=O) groups excluding carboxylic acids is 3. The van der Waals surface area contributed by atoms with E-state index in [1.54, 1.807) is 30.3 Å². The number of hydrogen-bond donors (Lipinski definition) is 0. The van der Waals surface area contributed by atoms with Crippen molar-refractivity contribution in [3.05, 3.63) is 48.6 Å². The molecule has 23 heavy (non-hydrogen) atoms. The van der Waals surface area contributed by atoms with Crippen molar-refractivity contribution in [3.8, 4) is 0 Å². The molecule has 0 spiro atoms. The maximum absolute atomic E-state index is 12.0. The Morgan fingerprint density at radius 3 is 2.70 bits per heavy atom. The summed E-state index contributed by atoms with van der Waals surface area (Å²) in [7, 11) is 0. The van der Waals surface area contributed by atoms with Crippen LogP contribution in [-0.4, -0.2) is 42.0 Å². The van der Waals surface area contributed by atoms with Gasteiger partial charge in [-0.25, -0.2) is 9.59 Å². The normalized spacial score (nSPS) is 17.7. The molecule has 0 aliphatic carbocycles. The number of β-lactam (4-membered cyclic amide) rings is 1. The van der Waals surface area contributed by atoms with Crippen molar-refractivity contribution in [3.63, 3.8) is 0 Å². The molecule has 2 atom stereocenters. The topological polar surface area (TPSA) is 82.1 Å². The van der Waals surface area contributed by atoms with Crippen LogP contribution in [0.4, 0.5) is 4.79 Å². The van der Waals surface area contributed by atoms with Crippen molar-refractivity contribution in [2.45, 2.75) is 25.8 Å². The van der Waals surface area contributed by atoms with Crippen LogP contribution in [0.5, 0.6) is 0 Å². The first-order valence-electron chi connectivity index (χ1n) is 7.04. The van der Waals surface area contributed by atoms with Crippen LogP contribution in [0.2, 0.25) is 0 Å². The van der Waals surface area contributed by atoms with Crippen LogP contribution in [-0.2, 0) is 19.0 Å². The van der Waals surface area contributed by atoms with Crippen molar-refractivity contribution < 1.29 is 28.6 Å². The molecule has 1 fully saturated rings. The summed E-state index contributed by atoms with van der Waals surface area (Å²) in [5.74, 6) is -0.825. The van der Waals surface area contributed by atoms with E-state index in [9.17, 15) is 14.4 Å². The quantitative estimate of drug-likeness (QED) is 0.453. The molecule has 1 aliphatic rings. The lowest BCUT2D eigenvalue weighted by Gasteiger charge is -2.41. The zero-order chi connectivity index (χ0) is 16.8. The highest BCUT2D eigenvalue weighted by atomic mass is 16.7. The van der Waals surface area contributed by atoms with E-state index in [-0.39, 0.29) is 18.9 Å². The highest BCUT2D eigenvalue weighted by molar-refractivity contribution is 5.91. The van der Waals surface area contributed by atoms with Gasteiger partial charge in [0.25, 0.3) is 0 Å². The summed E-state index contributed by atoms with van der Waals surface area (Å²) >= 11 is 0. The molecule has 0 N–H and O–H groups in total. The van der Waals surface area contributed by atoms with Gasteiger partial charge in [0.1, 0.15) is 6.61 Å². The molecule has 0 aromatic heterocycles. The molecule has 7 heteroatoms. The molecule has 1 heterocycles. The van der Waals surface area contributed by atoms with Gasteiger partial charge in [-0.1, -0.05) is 30.9 Å². The van der Waals surface area contributed by atoms with Crippen molar-refractivity contribution in [2.24, 2.45) is 0 Å². The number of rotatable bonds is 6. The van der Waals surface area contributed by atoms with Crippen LogP contribution in [0.25, 0.3) is 0 Å². The van der Waals surface area contributed by atoms with Gasteiger partial charge in [0.15, 0.2) is 12.5 Å². The number of benzene rings is 1. The first kappa shape index (κ1) is 16.5. The van der Waals surface area contributed by atoms with Crippen LogP contribution in [0, 0.1) is 0 Å². The lowest BCUT2D eigenvalue weighted by atomic mass is 10.1. The van der Waals surface area contributed by atoms with Gasteiger partial charge in [-0.3, -0.25) is 9.69 Å². The molecular formula is C16H17NO6. The molecule has 1 aromatic rings. The zero-order valence-electron chi connectivity index (χ0n) is 12.6. The van der Waals surface area contributed by atoms with E-state index >= 15 is 0 Å². The van der Waals surface area contributed by atoms with Gasteiger partial charge >= 0.3 is 12.1 Å². The van der Waals surface area contributed by atoms with Crippen LogP contribution in [0.15, 0.2) is 43.0 Å². The third-order valence-electron chi connectivity index (χ3n) is 3.18. The Balaban J connectivity index is 1.91. The summed E-state index contributed by atoms with van der Waals surface area (Å²) in [6, 6.07) is 8.42. The average molecular weight is 319 g/mol. The summed E-state index contributed by atoms with van der Waals surface area (Å²) in [5, 5.41) is 0. The maximum atomic E-state index is 12.0. The predicted octanol–water partition coefficient (Wildman–Crippen LogP) is 2.09. The van der Waals surface area contributed by atoms with Crippen molar-refractivity contribution in [1.29, 1.82) is 0 Å². The van der Waals surface area contributed by atoms with Crippen molar-refractivity contribution in [1.82, 2.24) is 4.90 Å². The Bertz CT molecular complexity index is 600. The van der Waals surface area contributed by atoms with Crippen LogP contribution < -0.4 is 0 Å². The number of likely N-dealkylation sites (tertiary alicyclic amines) is 1. The Hall–Kier alpha value is -2.83. The maximum Gasteiger partial charge on any atom is 0.510 e. The van der Waals surface area contributed by atoms with Gasteiger partial charge in [-0.15, -0.1) is 0 Å². The zero-order valence-corrected chi connectivity index (χ0v) is 12.6. The lowest BCUT2D eigenvalue weighted by molar-refractivity contribution is -0.189. The number of ether oxygens (including phenoxy) is 3. The number of amides is 1. The van der Waals surface area contributed by atoms with Gasteiger partial charge in [0.05, 0.1) is 12.0 Å². The summed E-state index contributed by atoms with van der Waals surface area (Å²) in [4.78, 5) is 36.2. The van der Waals surface area contributed by atoms with E-state index in [2.05, 4.69) is 11.3 Å². The lowest BCUT2D eigenvalue weighted by Crippen LogP contribution is -2.59. The second kappa shape index (κ2) is 7.44. The summed E-state index contributed by atoms with van der Waals surface area (Å²) in [6.45, 7) is 4.91. The Morgan fingerprint density at radius 1 is 1.39 bits per heavy atom. The minimum Gasteiger partial charge on any atom is -0.437 e. The van der Waals surface area contributed by atoms with Crippen LogP contribution >= 0.6 is 0 Å². The number of esters is 1. The summed E-state index contributed by atoms with van der Waals surface area (Å²) in [5.41, 5.74) is 0.380. The van der Waals surface area contributed by atoms with Crippen LogP contribution in [0.3, 0.4) is 0 Å². The largest absolute Gasteiger partial charge is 0.510 e. The van der Waals surface area contributed by atoms with E-state index in [1.165, 1.54) is 17.9 Å². The molecule has 0 bridgehead atoms. The van der Waals surface area contributed by atoms with Gasteiger partial charge in [-0.05, 0) is 19.1 Å². The second-order valence-corrected chi connectivity index (χ2v) is 4.80. The van der Waals surface area contributed by atoms with E-state index in [0.29, 0.717) is 5.56 Å². The van der Waals surface area contributed by atoms with E-state index in [0.717, 1.165) is 0 Å². The Labute approximate surface area is 133 Å². The molecular weight excluding hydrogens is 302 g/mol. The predicted molar refractivity (Wildman–Crippen MR) is 79.2 cm³/mol. The highest BCUT2D eigenvalue weighted by Crippen LogP contribution is 2.25. The van der Waals surface area contributed by atoms with Gasteiger partial charge in [-0.2, -0.15) is 0 Å². The average Bonchev–Trinajstić information content (AvgIpc) is 2.52. The molecule has 1 aliphatic heterocycles. The number of carbonyl (C=O) groups is 3. The fourth-order valence-electron chi connectivity index (χ4n) is 2.06. The van der Waals surface area contributed by atoms with E-state index in [1.807, 2.05) is 0 Å². The minimum absolute atomic E-state index is 0.00587. The SMILES string of the molecule is C=CCOC(=O)OC(C)N1C(=O)CC1OC(=O)c1ccccc1. The Morgan fingerprint density at radius 2 is 2.09 bits per heavy atom. The molecule has 1 aromatic carbocycles. The third kappa shape index (κ3) is 4.09. The molecule has 2 unspecified atom stereocenters. The Kier molecular flexibility index (Phi) is 5.35. The van der Waals surface area contributed by atoms with Crippen molar-refractivity contribution in [2.75, 3.05) is 6.61 Å². The fourth-order valence-corrected chi connectivity index (χ4v) is 2.06. The summed E-state index contributed by atoms with van der Waals surface area (Å²) < 4.78 is 14.9. The highest BCUT2D eigenvalue weighted by Gasteiger charge is 2.43. The van der Waals surface area contributed by atoms with E-state index in [4.69, 9.17) is 9.47 Å². The molecule has 7 nitrogen and oxygen atoms in total. The molecule has 1 saturated heterocycles. The number of hydrogen-bond acceptors (Lipinski definition) is 6. The van der Waals surface area contributed by atoms with Crippen molar-refractivity contribution >= 4 is 18.0 Å². The molecule has 2 rings (SSSR count). The van der Waals surface area contributed by atoms with Gasteiger partial charge in [0, 0.05) is 0 Å². The summed E-state index contributed by atoms with van der Waals surface area (Å²) in [6.07, 6.45) is -1.15. The van der Waals surface area contributed by atoms with E-state index < -0.39 is 24.6 Å². The second-order valence-electron chi connectivity index (χ2n) is 4.80. The first-order valence-corrected chi connectivity index (χ1v) is 7.04. The minimum atomic E-state index is -0.926. The molecule has 0 radical (unpaired) electrons. The molecule has 0 saturated carbocycles. The van der Waals surface area contributed by atoms with Gasteiger partial charge in [0.2, 0.25) is 5.91 Å². The smallest absolute Gasteiger partial charge is 0.437 e. The monoisotopic (exact) mass is 319 g/mol. The molecule has 1 amide bonds. The van der Waals surface area contributed by atoms with Gasteiger partial charge < -0.3 is 14.2 Å². The van der Waals surface area contributed by atoms with Crippen LogP contribution in [0.1, 0.15) is 23.7 Å². The molecule has 122 valence electrons. The first-order chi connectivity index (χ1) is 11.0. The third-order valence-corrected chi connectivity index (χ3v) is 3.18. The standard InChI is InChI=1S/C16H17NO6/c1-3-9-21-16(20)22-11(2)17-13(18)10-14(17)23-15(19)12-7-5-4-6-8-12/h3-8,11,14H,1,9-10H2,2H3.